The number of benzene rings is 1. The van der Waals surface area contributed by atoms with Gasteiger partial charge in [-0.05, 0) is 85.0 Å². The van der Waals surface area contributed by atoms with Crippen LogP contribution in [0.2, 0.25) is 0 Å². The third-order valence-electron chi connectivity index (χ3n) is 3.79. The quantitative estimate of drug-likeness (QED) is 0.368. The lowest BCUT2D eigenvalue weighted by Crippen LogP contribution is -2.03. The second-order valence-electron chi connectivity index (χ2n) is 7.84. The first kappa shape index (κ1) is 33.2. The number of aryl methyl sites for hydroxylation is 3. The van der Waals surface area contributed by atoms with Crippen LogP contribution in [0.4, 0.5) is 5.69 Å². The third kappa shape index (κ3) is 15.0. The number of aliphatic hydroxyl groups is 2. The lowest BCUT2D eigenvalue weighted by Gasteiger charge is -2.00. The van der Waals surface area contributed by atoms with Gasteiger partial charge in [-0.2, -0.15) is 0 Å². The number of aromatic amines is 1. The van der Waals surface area contributed by atoms with Gasteiger partial charge in [0, 0.05) is 42.3 Å². The van der Waals surface area contributed by atoms with Crippen molar-refractivity contribution in [3.8, 4) is 0 Å². The summed E-state index contributed by atoms with van der Waals surface area (Å²) in [7, 11) is 1.93. The van der Waals surface area contributed by atoms with Gasteiger partial charge < -0.3 is 31.6 Å². The van der Waals surface area contributed by atoms with Crippen LogP contribution in [0.25, 0.3) is 11.6 Å². The van der Waals surface area contributed by atoms with Crippen molar-refractivity contribution < 1.29 is 19.8 Å². The molecule has 2 amide bonds. The molecule has 8 nitrogen and oxygen atoms in total. The average molecular weight is 477 g/mol. The Bertz CT molecular complexity index is 893. The summed E-state index contributed by atoms with van der Waals surface area (Å²) in [6.45, 7) is 15.9. The number of primary amides is 1. The number of amides is 2. The highest BCUT2D eigenvalue weighted by molar-refractivity contribution is 6.34. The van der Waals surface area contributed by atoms with Crippen molar-refractivity contribution in [2.75, 3.05) is 25.5 Å². The molecule has 0 saturated heterocycles. The summed E-state index contributed by atoms with van der Waals surface area (Å²) >= 11 is 0. The molecule has 0 atom stereocenters. The molecule has 2 aromatic rings. The van der Waals surface area contributed by atoms with Gasteiger partial charge in [0.15, 0.2) is 0 Å². The summed E-state index contributed by atoms with van der Waals surface area (Å²) in [4.78, 5) is 24.6. The summed E-state index contributed by atoms with van der Waals surface area (Å²) < 4.78 is 0. The second kappa shape index (κ2) is 18.5. The SMILES string of the molecule is CC(C)O.CC(N)=O.CCNC.CCO.Cc1ccc2c(c1)/C(=C/c1[nH]c(C)cc1C)C(=O)N2. The Hall–Kier alpha value is -2.94. The largest absolute Gasteiger partial charge is 0.397 e. The van der Waals surface area contributed by atoms with E-state index >= 15 is 0 Å². The maximum Gasteiger partial charge on any atom is 0.256 e. The number of H-pyrrole nitrogens is 1. The standard InChI is InChI=1S/C16H16N2O.C3H9N.C3H8O.C2H5NO.C2H6O/c1-9-4-5-14-12(6-9)13(16(19)18-14)8-15-10(2)7-11(3)17-15;1-3-4-2;1-3(2)4;1-2(3)4;1-2-3/h4-8,17H,1-3H3,(H,18,19);4H,3H2,1-2H3;3-4H,1-2H3;1H3,(H2,3,4);3H,2H2,1H3/b13-8-;;;;. The van der Waals surface area contributed by atoms with Crippen molar-refractivity contribution in [2.45, 2.75) is 61.5 Å². The number of rotatable bonds is 2. The summed E-state index contributed by atoms with van der Waals surface area (Å²) in [5.41, 5.74) is 11.5. The van der Waals surface area contributed by atoms with E-state index in [2.05, 4.69) is 34.3 Å². The lowest BCUT2D eigenvalue weighted by atomic mass is 10.0. The molecule has 8 heteroatoms. The van der Waals surface area contributed by atoms with E-state index in [0.717, 1.165) is 45.9 Å². The fourth-order valence-corrected chi connectivity index (χ4v) is 2.49. The van der Waals surface area contributed by atoms with E-state index < -0.39 is 0 Å². The molecule has 3 rings (SSSR count). The van der Waals surface area contributed by atoms with Crippen LogP contribution in [0, 0.1) is 20.8 Å². The molecule has 1 aromatic heterocycles. The first-order valence-electron chi connectivity index (χ1n) is 11.3. The molecule has 0 aliphatic carbocycles. The van der Waals surface area contributed by atoms with E-state index in [9.17, 15) is 9.59 Å². The summed E-state index contributed by atoms with van der Waals surface area (Å²) in [5.74, 6) is -0.368. The monoisotopic (exact) mass is 476 g/mol. The Balaban J connectivity index is 0. The molecule has 1 aromatic carbocycles. The molecule has 7 N–H and O–H groups in total. The fraction of sp³-hybridized carbons (Fsp3) is 0.462. The summed E-state index contributed by atoms with van der Waals surface area (Å²) in [6.07, 6.45) is 1.77. The van der Waals surface area contributed by atoms with Crippen LogP contribution < -0.4 is 16.4 Å². The number of carbonyl (C=O) groups excluding carboxylic acids is 2. The first-order chi connectivity index (χ1) is 15.8. The van der Waals surface area contributed by atoms with Crippen molar-refractivity contribution >= 4 is 29.2 Å². The highest BCUT2D eigenvalue weighted by Gasteiger charge is 2.24. The molecule has 0 spiro atoms. The zero-order chi connectivity index (χ0) is 26.8. The van der Waals surface area contributed by atoms with Gasteiger partial charge in [-0.1, -0.05) is 18.6 Å². The minimum Gasteiger partial charge on any atom is -0.397 e. The molecule has 192 valence electrons. The van der Waals surface area contributed by atoms with Crippen molar-refractivity contribution in [3.63, 3.8) is 0 Å². The van der Waals surface area contributed by atoms with E-state index in [4.69, 9.17) is 10.2 Å². The molecule has 1 aliphatic rings. The van der Waals surface area contributed by atoms with Crippen molar-refractivity contribution in [1.29, 1.82) is 0 Å². The van der Waals surface area contributed by atoms with Gasteiger partial charge in [-0.25, -0.2) is 0 Å². The number of aliphatic hydroxyl groups excluding tert-OH is 2. The number of aromatic nitrogens is 1. The van der Waals surface area contributed by atoms with Gasteiger partial charge in [-0.15, -0.1) is 0 Å². The van der Waals surface area contributed by atoms with Gasteiger partial charge >= 0.3 is 0 Å². The van der Waals surface area contributed by atoms with E-state index in [1.165, 1.54) is 6.92 Å². The van der Waals surface area contributed by atoms with Gasteiger partial charge in [0.25, 0.3) is 5.91 Å². The topological polar surface area (TPSA) is 140 Å². The van der Waals surface area contributed by atoms with Crippen LogP contribution in [0.5, 0.6) is 0 Å². The Labute approximate surface area is 204 Å². The first-order valence-corrected chi connectivity index (χ1v) is 11.3. The molecule has 0 unspecified atom stereocenters. The Morgan fingerprint density at radius 2 is 1.65 bits per heavy atom. The number of hydrogen-bond acceptors (Lipinski definition) is 5. The Morgan fingerprint density at radius 1 is 1.18 bits per heavy atom. The molecule has 0 radical (unpaired) electrons. The minimum absolute atomic E-state index is 0.0350. The van der Waals surface area contributed by atoms with E-state index in [1.807, 2.05) is 52.1 Å². The van der Waals surface area contributed by atoms with Gasteiger partial charge in [0.2, 0.25) is 5.91 Å². The molecule has 34 heavy (non-hydrogen) atoms. The minimum atomic E-state index is -0.333. The van der Waals surface area contributed by atoms with E-state index in [-0.39, 0.29) is 24.5 Å². The number of nitrogens with two attached hydrogens (primary N) is 1. The number of anilines is 1. The van der Waals surface area contributed by atoms with Gasteiger partial charge in [0.1, 0.15) is 0 Å². The van der Waals surface area contributed by atoms with Gasteiger partial charge in [-0.3, -0.25) is 9.59 Å². The lowest BCUT2D eigenvalue weighted by molar-refractivity contribution is -0.116. The summed E-state index contributed by atoms with van der Waals surface area (Å²) in [6, 6.07) is 8.09. The maximum atomic E-state index is 12.1. The predicted molar refractivity (Wildman–Crippen MR) is 143 cm³/mol. The van der Waals surface area contributed by atoms with Crippen molar-refractivity contribution in [3.05, 3.63) is 52.3 Å². The zero-order valence-corrected chi connectivity index (χ0v) is 22.2. The fourth-order valence-electron chi connectivity index (χ4n) is 2.49. The van der Waals surface area contributed by atoms with Crippen LogP contribution in [-0.2, 0) is 9.59 Å². The molecule has 0 saturated carbocycles. The molecule has 0 fully saturated rings. The highest BCUT2D eigenvalue weighted by Crippen LogP contribution is 2.33. The number of hydrogen-bond donors (Lipinski definition) is 6. The zero-order valence-electron chi connectivity index (χ0n) is 22.2. The van der Waals surface area contributed by atoms with Crippen molar-refractivity contribution in [2.24, 2.45) is 5.73 Å². The second-order valence-corrected chi connectivity index (χ2v) is 7.84. The van der Waals surface area contributed by atoms with E-state index in [1.54, 1.807) is 20.8 Å². The highest BCUT2D eigenvalue weighted by atomic mass is 16.3. The molecular weight excluding hydrogens is 432 g/mol. The number of carbonyl (C=O) groups is 2. The van der Waals surface area contributed by atoms with E-state index in [0.29, 0.717) is 0 Å². The van der Waals surface area contributed by atoms with Crippen LogP contribution >= 0.6 is 0 Å². The Morgan fingerprint density at radius 3 is 2.03 bits per heavy atom. The maximum absolute atomic E-state index is 12.1. The molecule has 0 bridgehead atoms. The van der Waals surface area contributed by atoms with Crippen LogP contribution in [0.1, 0.15) is 62.7 Å². The smallest absolute Gasteiger partial charge is 0.256 e. The molecular formula is C26H44N4O4. The number of fused-ring (bicyclic) bond motifs is 1. The number of nitrogens with one attached hydrogen (secondary N) is 3. The van der Waals surface area contributed by atoms with Gasteiger partial charge in [0.05, 0.1) is 5.57 Å². The third-order valence-corrected chi connectivity index (χ3v) is 3.79. The van der Waals surface area contributed by atoms with Crippen LogP contribution in [0.3, 0.4) is 0 Å². The molecule has 2 heterocycles. The van der Waals surface area contributed by atoms with Crippen molar-refractivity contribution in [1.82, 2.24) is 10.3 Å². The summed E-state index contributed by atoms with van der Waals surface area (Å²) in [5, 5.41) is 21.5. The Kier molecular flexibility index (Phi) is 18.1. The predicted octanol–water partition coefficient (Wildman–Crippen LogP) is 3.54. The average Bonchev–Trinajstić information content (AvgIpc) is 3.20. The van der Waals surface area contributed by atoms with Crippen LogP contribution in [0.15, 0.2) is 24.3 Å². The normalized spacial score (nSPS) is 12.0. The molecule has 1 aliphatic heterocycles. The van der Waals surface area contributed by atoms with Crippen LogP contribution in [-0.4, -0.2) is 53.3 Å².